The molecular weight excluding hydrogens is 275 g/mol. The number of carbonyl (C=O) groups is 1. The highest BCUT2D eigenvalue weighted by molar-refractivity contribution is 7.98. The Morgan fingerprint density at radius 2 is 2.00 bits per heavy atom. The zero-order chi connectivity index (χ0) is 14.5. The van der Waals surface area contributed by atoms with Crippen LogP contribution in [0.25, 0.3) is 0 Å². The number of amides is 1. The summed E-state index contributed by atoms with van der Waals surface area (Å²) in [5, 5.41) is 2.59. The lowest BCUT2D eigenvalue weighted by Crippen LogP contribution is -2.34. The van der Waals surface area contributed by atoms with Crippen LogP contribution in [-0.2, 0) is 6.18 Å². The highest BCUT2D eigenvalue weighted by Crippen LogP contribution is 2.31. The van der Waals surface area contributed by atoms with Crippen LogP contribution in [0.4, 0.5) is 13.2 Å². The quantitative estimate of drug-likeness (QED) is 0.898. The second kappa shape index (κ2) is 6.84. The molecule has 0 aromatic heterocycles. The van der Waals surface area contributed by atoms with Crippen molar-refractivity contribution in [2.45, 2.75) is 25.6 Å². The van der Waals surface area contributed by atoms with Gasteiger partial charge in [0.05, 0.1) is 11.1 Å². The number of alkyl halides is 3. The molecule has 0 aliphatic rings. The maximum Gasteiger partial charge on any atom is 0.417 e. The predicted octanol–water partition coefficient (Wildman–Crippen LogP) is 3.58. The SMILES string of the molecule is CSCCC(C)NC(=O)c1ccccc1C(F)(F)F. The molecule has 1 amide bonds. The van der Waals surface area contributed by atoms with E-state index in [1.54, 1.807) is 18.7 Å². The summed E-state index contributed by atoms with van der Waals surface area (Å²) in [6.45, 7) is 1.78. The fraction of sp³-hybridized carbons (Fsp3) is 0.462. The summed E-state index contributed by atoms with van der Waals surface area (Å²) in [4.78, 5) is 11.9. The molecule has 0 radical (unpaired) electrons. The van der Waals surface area contributed by atoms with E-state index in [2.05, 4.69) is 5.32 Å². The molecule has 1 aromatic rings. The van der Waals surface area contributed by atoms with E-state index in [9.17, 15) is 18.0 Å². The van der Waals surface area contributed by atoms with E-state index in [1.807, 2.05) is 6.26 Å². The summed E-state index contributed by atoms with van der Waals surface area (Å²) in [5.41, 5.74) is -1.23. The number of benzene rings is 1. The number of hydrogen-bond donors (Lipinski definition) is 1. The number of rotatable bonds is 5. The van der Waals surface area contributed by atoms with Crippen LogP contribution >= 0.6 is 11.8 Å². The molecular formula is C13H16F3NOS. The maximum absolute atomic E-state index is 12.8. The molecule has 0 spiro atoms. The van der Waals surface area contributed by atoms with Crippen molar-refractivity contribution in [3.63, 3.8) is 0 Å². The van der Waals surface area contributed by atoms with Gasteiger partial charge in [0.25, 0.3) is 5.91 Å². The minimum atomic E-state index is -4.52. The van der Waals surface area contributed by atoms with Gasteiger partial charge >= 0.3 is 6.18 Å². The molecule has 19 heavy (non-hydrogen) atoms. The molecule has 2 nitrogen and oxygen atoms in total. The Hall–Kier alpha value is -1.17. The number of halogens is 3. The van der Waals surface area contributed by atoms with Crippen molar-refractivity contribution < 1.29 is 18.0 Å². The minimum absolute atomic E-state index is 0.152. The molecule has 0 fully saturated rings. The van der Waals surface area contributed by atoms with Gasteiger partial charge in [0.15, 0.2) is 0 Å². The van der Waals surface area contributed by atoms with Crippen molar-refractivity contribution in [3.05, 3.63) is 35.4 Å². The second-order valence-corrected chi connectivity index (χ2v) is 5.18. The Morgan fingerprint density at radius 3 is 2.58 bits per heavy atom. The van der Waals surface area contributed by atoms with Gasteiger partial charge in [-0.25, -0.2) is 0 Å². The summed E-state index contributed by atoms with van der Waals surface area (Å²) in [5.74, 6) is 0.170. The third-order valence-electron chi connectivity index (χ3n) is 2.61. The van der Waals surface area contributed by atoms with Crippen molar-refractivity contribution in [3.8, 4) is 0 Å². The largest absolute Gasteiger partial charge is 0.417 e. The molecule has 6 heteroatoms. The molecule has 1 N–H and O–H groups in total. The van der Waals surface area contributed by atoms with Crippen molar-refractivity contribution in [1.29, 1.82) is 0 Å². The van der Waals surface area contributed by atoms with E-state index in [1.165, 1.54) is 18.2 Å². The molecule has 1 aromatic carbocycles. The summed E-state index contributed by atoms with van der Waals surface area (Å²) in [7, 11) is 0. The van der Waals surface area contributed by atoms with E-state index < -0.39 is 17.6 Å². The van der Waals surface area contributed by atoms with Crippen LogP contribution in [0.3, 0.4) is 0 Å². The third kappa shape index (κ3) is 4.78. The topological polar surface area (TPSA) is 29.1 Å². The standard InChI is InChI=1S/C13H16F3NOS/c1-9(7-8-19-2)17-12(18)10-5-3-4-6-11(10)13(14,15)16/h3-6,9H,7-8H2,1-2H3,(H,17,18). The van der Waals surface area contributed by atoms with Crippen molar-refractivity contribution in [2.75, 3.05) is 12.0 Å². The monoisotopic (exact) mass is 291 g/mol. The van der Waals surface area contributed by atoms with Gasteiger partial charge < -0.3 is 5.32 Å². The van der Waals surface area contributed by atoms with Gasteiger partial charge in [0.2, 0.25) is 0 Å². The number of thioether (sulfide) groups is 1. The summed E-state index contributed by atoms with van der Waals surface area (Å²) in [6, 6.07) is 4.66. The van der Waals surface area contributed by atoms with Crippen LogP contribution < -0.4 is 5.32 Å². The van der Waals surface area contributed by atoms with Crippen LogP contribution in [-0.4, -0.2) is 24.0 Å². The summed E-state index contributed by atoms with van der Waals surface area (Å²) in [6.07, 6.45) is -1.86. The highest BCUT2D eigenvalue weighted by atomic mass is 32.2. The average Bonchev–Trinajstić information content (AvgIpc) is 2.35. The van der Waals surface area contributed by atoms with Gasteiger partial charge in [-0.2, -0.15) is 24.9 Å². The van der Waals surface area contributed by atoms with Gasteiger partial charge in [0.1, 0.15) is 0 Å². The molecule has 0 heterocycles. The lowest BCUT2D eigenvalue weighted by atomic mass is 10.1. The minimum Gasteiger partial charge on any atom is -0.350 e. The zero-order valence-corrected chi connectivity index (χ0v) is 11.6. The molecule has 1 rings (SSSR count). The Bertz CT molecular complexity index is 434. The molecule has 1 atom stereocenters. The molecule has 0 aliphatic heterocycles. The van der Waals surface area contributed by atoms with Gasteiger partial charge in [-0.1, -0.05) is 12.1 Å². The third-order valence-corrected chi connectivity index (χ3v) is 3.25. The van der Waals surface area contributed by atoms with Crippen LogP contribution in [0, 0.1) is 0 Å². The van der Waals surface area contributed by atoms with Gasteiger partial charge in [-0.15, -0.1) is 0 Å². The van der Waals surface area contributed by atoms with Crippen LogP contribution in [0.1, 0.15) is 29.3 Å². The first-order chi connectivity index (χ1) is 8.86. The van der Waals surface area contributed by atoms with Crippen molar-refractivity contribution in [2.24, 2.45) is 0 Å². The normalized spacial score (nSPS) is 13.1. The van der Waals surface area contributed by atoms with Crippen molar-refractivity contribution >= 4 is 17.7 Å². The Balaban J connectivity index is 2.83. The van der Waals surface area contributed by atoms with Crippen LogP contribution in [0.5, 0.6) is 0 Å². The highest BCUT2D eigenvalue weighted by Gasteiger charge is 2.34. The van der Waals surface area contributed by atoms with Crippen LogP contribution in [0.15, 0.2) is 24.3 Å². The van der Waals surface area contributed by atoms with Gasteiger partial charge in [-0.3, -0.25) is 4.79 Å². The van der Waals surface area contributed by atoms with E-state index in [0.717, 1.165) is 18.2 Å². The number of hydrogen-bond acceptors (Lipinski definition) is 2. The van der Waals surface area contributed by atoms with E-state index in [0.29, 0.717) is 0 Å². The molecule has 106 valence electrons. The second-order valence-electron chi connectivity index (χ2n) is 4.20. The van der Waals surface area contributed by atoms with Gasteiger partial charge in [0, 0.05) is 6.04 Å². The van der Waals surface area contributed by atoms with Crippen molar-refractivity contribution in [1.82, 2.24) is 5.32 Å². The molecule has 0 saturated heterocycles. The lowest BCUT2D eigenvalue weighted by Gasteiger charge is -2.16. The predicted molar refractivity (Wildman–Crippen MR) is 71.4 cm³/mol. The number of nitrogens with one attached hydrogen (secondary N) is 1. The first-order valence-electron chi connectivity index (χ1n) is 5.82. The zero-order valence-electron chi connectivity index (χ0n) is 10.8. The Morgan fingerprint density at radius 1 is 1.37 bits per heavy atom. The van der Waals surface area contributed by atoms with Crippen LogP contribution in [0.2, 0.25) is 0 Å². The summed E-state index contributed by atoms with van der Waals surface area (Å²) < 4.78 is 38.3. The fourth-order valence-electron chi connectivity index (χ4n) is 1.60. The summed E-state index contributed by atoms with van der Waals surface area (Å²) >= 11 is 1.63. The van der Waals surface area contributed by atoms with E-state index in [4.69, 9.17) is 0 Å². The molecule has 1 unspecified atom stereocenters. The molecule has 0 saturated carbocycles. The first-order valence-corrected chi connectivity index (χ1v) is 7.21. The Kier molecular flexibility index (Phi) is 5.72. The average molecular weight is 291 g/mol. The molecule has 0 bridgehead atoms. The Labute approximate surface area is 114 Å². The van der Waals surface area contributed by atoms with E-state index in [-0.39, 0.29) is 11.6 Å². The fourth-order valence-corrected chi connectivity index (χ4v) is 2.19. The smallest absolute Gasteiger partial charge is 0.350 e. The molecule has 0 aliphatic carbocycles. The van der Waals surface area contributed by atoms with E-state index >= 15 is 0 Å². The lowest BCUT2D eigenvalue weighted by molar-refractivity contribution is -0.137. The number of carbonyl (C=O) groups excluding carboxylic acids is 1. The first kappa shape index (κ1) is 15.9. The van der Waals surface area contributed by atoms with Gasteiger partial charge in [-0.05, 0) is 37.5 Å². The maximum atomic E-state index is 12.8.